The molecule has 110 valence electrons. The summed E-state index contributed by atoms with van der Waals surface area (Å²) in [6.07, 6.45) is 0.817. The summed E-state index contributed by atoms with van der Waals surface area (Å²) >= 11 is 6.81. The van der Waals surface area contributed by atoms with Gasteiger partial charge in [-0.15, -0.1) is 0 Å². The molecule has 2 aromatic carbocycles. The predicted molar refractivity (Wildman–Crippen MR) is 92.2 cm³/mol. The van der Waals surface area contributed by atoms with Gasteiger partial charge in [0.25, 0.3) is 0 Å². The average molecular weight is 412 g/mol. The standard InChI is InChI=1S/C16H16Br2N2O/c17-14-6-4-12(5-7-14)8-9-19-16(21)20-11-13-2-1-3-15(18)10-13/h1-7,10H,8-9,11H2,(H2,19,20,21). The minimum absolute atomic E-state index is 0.146. The fraction of sp³-hybridized carbons (Fsp3) is 0.188. The zero-order chi connectivity index (χ0) is 15.1. The number of nitrogens with one attached hydrogen (secondary N) is 2. The Morgan fingerprint density at radius 2 is 1.67 bits per heavy atom. The van der Waals surface area contributed by atoms with E-state index in [0.717, 1.165) is 20.9 Å². The number of hydrogen-bond acceptors (Lipinski definition) is 1. The van der Waals surface area contributed by atoms with Crippen molar-refractivity contribution in [2.75, 3.05) is 6.54 Å². The van der Waals surface area contributed by atoms with Crippen molar-refractivity contribution in [1.82, 2.24) is 10.6 Å². The molecule has 5 heteroatoms. The van der Waals surface area contributed by atoms with Crippen molar-refractivity contribution in [3.05, 3.63) is 68.6 Å². The first-order chi connectivity index (χ1) is 10.1. The van der Waals surface area contributed by atoms with Gasteiger partial charge in [0.05, 0.1) is 0 Å². The van der Waals surface area contributed by atoms with E-state index in [1.165, 1.54) is 5.56 Å². The summed E-state index contributed by atoms with van der Waals surface area (Å²) in [6.45, 7) is 1.13. The zero-order valence-corrected chi connectivity index (χ0v) is 14.6. The molecule has 2 aromatic rings. The number of carbonyl (C=O) groups excluding carboxylic acids is 1. The lowest BCUT2D eigenvalue weighted by Crippen LogP contribution is -2.36. The van der Waals surface area contributed by atoms with Crippen molar-refractivity contribution in [3.63, 3.8) is 0 Å². The number of halogens is 2. The number of rotatable bonds is 5. The molecule has 0 aromatic heterocycles. The molecular weight excluding hydrogens is 396 g/mol. The molecule has 0 fully saturated rings. The van der Waals surface area contributed by atoms with E-state index < -0.39 is 0 Å². The second kappa shape index (κ2) is 8.20. The second-order valence-corrected chi connectivity index (χ2v) is 6.45. The van der Waals surface area contributed by atoms with Crippen molar-refractivity contribution in [2.24, 2.45) is 0 Å². The van der Waals surface area contributed by atoms with Gasteiger partial charge in [-0.05, 0) is 41.8 Å². The van der Waals surface area contributed by atoms with Crippen LogP contribution in [0.4, 0.5) is 4.79 Å². The minimum Gasteiger partial charge on any atom is -0.338 e. The number of urea groups is 1. The van der Waals surface area contributed by atoms with Gasteiger partial charge in [-0.2, -0.15) is 0 Å². The van der Waals surface area contributed by atoms with E-state index in [1.807, 2.05) is 48.5 Å². The van der Waals surface area contributed by atoms with Gasteiger partial charge in [0.2, 0.25) is 0 Å². The normalized spacial score (nSPS) is 10.2. The van der Waals surface area contributed by atoms with Crippen molar-refractivity contribution >= 4 is 37.9 Å². The first kappa shape index (κ1) is 16.0. The lowest BCUT2D eigenvalue weighted by molar-refractivity contribution is 0.240. The van der Waals surface area contributed by atoms with E-state index in [-0.39, 0.29) is 6.03 Å². The molecular formula is C16H16Br2N2O. The van der Waals surface area contributed by atoms with Gasteiger partial charge in [-0.3, -0.25) is 0 Å². The Hall–Kier alpha value is -1.33. The highest BCUT2D eigenvalue weighted by molar-refractivity contribution is 9.10. The average Bonchev–Trinajstić information content (AvgIpc) is 2.47. The fourth-order valence-corrected chi connectivity index (χ4v) is 2.57. The lowest BCUT2D eigenvalue weighted by atomic mass is 10.1. The van der Waals surface area contributed by atoms with Gasteiger partial charge in [0, 0.05) is 22.0 Å². The first-order valence-corrected chi connectivity index (χ1v) is 8.23. The molecule has 0 aliphatic carbocycles. The molecule has 3 nitrogen and oxygen atoms in total. The highest BCUT2D eigenvalue weighted by Gasteiger charge is 2.01. The number of benzene rings is 2. The molecule has 0 aliphatic rings. The van der Waals surface area contributed by atoms with Crippen LogP contribution in [0, 0.1) is 0 Å². The third-order valence-corrected chi connectivity index (χ3v) is 3.98. The molecule has 2 rings (SSSR count). The topological polar surface area (TPSA) is 41.1 Å². The van der Waals surface area contributed by atoms with Crippen LogP contribution < -0.4 is 10.6 Å². The van der Waals surface area contributed by atoms with E-state index in [2.05, 4.69) is 42.5 Å². The Morgan fingerprint density at radius 3 is 2.38 bits per heavy atom. The molecule has 0 heterocycles. The Kier molecular flexibility index (Phi) is 6.26. The summed E-state index contributed by atoms with van der Waals surface area (Å²) in [4.78, 5) is 11.7. The molecule has 0 bridgehead atoms. The van der Waals surface area contributed by atoms with Crippen LogP contribution in [0.3, 0.4) is 0 Å². The Morgan fingerprint density at radius 1 is 0.905 bits per heavy atom. The first-order valence-electron chi connectivity index (χ1n) is 6.64. The maximum atomic E-state index is 11.7. The van der Waals surface area contributed by atoms with E-state index in [4.69, 9.17) is 0 Å². The van der Waals surface area contributed by atoms with Gasteiger partial charge < -0.3 is 10.6 Å². The SMILES string of the molecule is O=C(NCCc1ccc(Br)cc1)NCc1cccc(Br)c1. The molecule has 0 saturated carbocycles. The third kappa shape index (κ3) is 5.89. The van der Waals surface area contributed by atoms with Crippen LogP contribution in [0.1, 0.15) is 11.1 Å². The highest BCUT2D eigenvalue weighted by atomic mass is 79.9. The molecule has 0 spiro atoms. The van der Waals surface area contributed by atoms with Crippen molar-refractivity contribution in [2.45, 2.75) is 13.0 Å². The van der Waals surface area contributed by atoms with Crippen molar-refractivity contribution in [3.8, 4) is 0 Å². The van der Waals surface area contributed by atoms with E-state index in [0.29, 0.717) is 13.1 Å². The number of carbonyl (C=O) groups is 1. The summed E-state index contributed by atoms with van der Waals surface area (Å²) in [6, 6.07) is 15.8. The zero-order valence-electron chi connectivity index (χ0n) is 11.4. The van der Waals surface area contributed by atoms with Crippen LogP contribution in [0.5, 0.6) is 0 Å². The Labute approximate surface area is 141 Å². The van der Waals surface area contributed by atoms with Crippen molar-refractivity contribution < 1.29 is 4.79 Å². The Bertz CT molecular complexity index is 599. The number of amides is 2. The fourth-order valence-electron chi connectivity index (χ4n) is 1.86. The van der Waals surface area contributed by atoms with Gasteiger partial charge >= 0.3 is 6.03 Å². The van der Waals surface area contributed by atoms with Gasteiger partial charge in [-0.1, -0.05) is 56.1 Å². The summed E-state index contributed by atoms with van der Waals surface area (Å²) in [5, 5.41) is 5.70. The molecule has 2 N–H and O–H groups in total. The molecule has 0 saturated heterocycles. The van der Waals surface area contributed by atoms with Gasteiger partial charge in [0.1, 0.15) is 0 Å². The van der Waals surface area contributed by atoms with Crippen LogP contribution in [0.15, 0.2) is 57.5 Å². The second-order valence-electron chi connectivity index (χ2n) is 4.62. The van der Waals surface area contributed by atoms with Crippen molar-refractivity contribution in [1.29, 1.82) is 0 Å². The van der Waals surface area contributed by atoms with E-state index in [1.54, 1.807) is 0 Å². The maximum Gasteiger partial charge on any atom is 0.315 e. The molecule has 0 aliphatic heterocycles. The third-order valence-electron chi connectivity index (χ3n) is 2.95. The van der Waals surface area contributed by atoms with Crippen LogP contribution in [-0.4, -0.2) is 12.6 Å². The van der Waals surface area contributed by atoms with Gasteiger partial charge in [0.15, 0.2) is 0 Å². The van der Waals surface area contributed by atoms with Gasteiger partial charge in [-0.25, -0.2) is 4.79 Å². The summed E-state index contributed by atoms with van der Waals surface area (Å²) < 4.78 is 2.07. The van der Waals surface area contributed by atoms with Crippen LogP contribution in [0.25, 0.3) is 0 Å². The lowest BCUT2D eigenvalue weighted by Gasteiger charge is -2.08. The molecule has 2 amide bonds. The molecule has 21 heavy (non-hydrogen) atoms. The molecule has 0 unspecified atom stereocenters. The monoisotopic (exact) mass is 410 g/mol. The Balaban J connectivity index is 1.69. The summed E-state index contributed by atoms with van der Waals surface area (Å²) in [7, 11) is 0. The maximum absolute atomic E-state index is 11.7. The smallest absolute Gasteiger partial charge is 0.315 e. The van der Waals surface area contributed by atoms with Crippen LogP contribution in [0.2, 0.25) is 0 Å². The number of hydrogen-bond donors (Lipinski definition) is 2. The molecule has 0 atom stereocenters. The predicted octanol–water partition coefficient (Wildman–Crippen LogP) is 4.25. The highest BCUT2D eigenvalue weighted by Crippen LogP contribution is 2.11. The van der Waals surface area contributed by atoms with E-state index >= 15 is 0 Å². The van der Waals surface area contributed by atoms with Crippen LogP contribution in [-0.2, 0) is 13.0 Å². The quantitative estimate of drug-likeness (QED) is 0.758. The van der Waals surface area contributed by atoms with E-state index in [9.17, 15) is 4.79 Å². The largest absolute Gasteiger partial charge is 0.338 e. The van der Waals surface area contributed by atoms with Crippen LogP contribution >= 0.6 is 31.9 Å². The summed E-state index contributed by atoms with van der Waals surface area (Å²) in [5.41, 5.74) is 2.26. The summed E-state index contributed by atoms with van der Waals surface area (Å²) in [5.74, 6) is 0. The molecule has 0 radical (unpaired) electrons. The minimum atomic E-state index is -0.146.